The summed E-state index contributed by atoms with van der Waals surface area (Å²) in [5, 5.41) is 12.2. The molecule has 0 radical (unpaired) electrons. The van der Waals surface area contributed by atoms with Crippen LogP contribution in [0, 0.1) is 0 Å². The van der Waals surface area contributed by atoms with Gasteiger partial charge in [0.25, 0.3) is 5.56 Å². The highest BCUT2D eigenvalue weighted by Crippen LogP contribution is 2.21. The highest BCUT2D eigenvalue weighted by atomic mass is 79.9. The summed E-state index contributed by atoms with van der Waals surface area (Å²) < 4.78 is 1.97. The van der Waals surface area contributed by atoms with E-state index in [2.05, 4.69) is 21.0 Å². The minimum Gasteiger partial charge on any atom is -0.493 e. The molecule has 2 aromatic rings. The van der Waals surface area contributed by atoms with Crippen LogP contribution in [0.25, 0.3) is 5.69 Å². The Morgan fingerprint density at radius 2 is 2.18 bits per heavy atom. The molecule has 0 bridgehead atoms. The number of nitrogens with one attached hydrogen (secondary N) is 1. The molecule has 0 fully saturated rings. The predicted molar refractivity (Wildman–Crippen MR) is 65.8 cm³/mol. The molecule has 2 rings (SSSR count). The van der Waals surface area contributed by atoms with Crippen molar-refractivity contribution >= 4 is 21.7 Å². The molecule has 17 heavy (non-hydrogen) atoms. The molecule has 6 heteroatoms. The first kappa shape index (κ1) is 11.7. The van der Waals surface area contributed by atoms with Crippen molar-refractivity contribution < 1.29 is 9.90 Å². The van der Waals surface area contributed by atoms with Crippen molar-refractivity contribution in [1.82, 2.24) is 9.78 Å². The van der Waals surface area contributed by atoms with E-state index < -0.39 is 11.3 Å². The number of halogens is 1. The molecule has 0 spiro atoms. The Bertz CT molecular complexity index is 642. The lowest BCUT2D eigenvalue weighted by atomic mass is 10.2. The van der Waals surface area contributed by atoms with Gasteiger partial charge in [-0.1, -0.05) is 22.0 Å². The summed E-state index contributed by atoms with van der Waals surface area (Å²) in [5.41, 5.74) is -0.276. The van der Waals surface area contributed by atoms with E-state index >= 15 is 0 Å². The quantitative estimate of drug-likeness (QED) is 0.830. The molecule has 2 N–H and O–H groups in total. The summed E-state index contributed by atoms with van der Waals surface area (Å²) in [6.45, 7) is 1.23. The Kier molecular flexibility index (Phi) is 2.89. The number of Topliss-reactive ketones (excluding diaryl/α,β-unsaturated/α-hetero) is 1. The van der Waals surface area contributed by atoms with Crippen molar-refractivity contribution in [1.29, 1.82) is 0 Å². The van der Waals surface area contributed by atoms with E-state index in [4.69, 9.17) is 0 Å². The van der Waals surface area contributed by atoms with Crippen LogP contribution < -0.4 is 5.56 Å². The van der Waals surface area contributed by atoms with E-state index in [1.807, 2.05) is 6.07 Å². The van der Waals surface area contributed by atoms with Crippen LogP contribution >= 0.6 is 15.9 Å². The average molecular weight is 297 g/mol. The fourth-order valence-corrected chi connectivity index (χ4v) is 1.93. The van der Waals surface area contributed by atoms with E-state index in [-0.39, 0.29) is 11.4 Å². The van der Waals surface area contributed by atoms with E-state index in [0.717, 1.165) is 4.47 Å². The Morgan fingerprint density at radius 3 is 2.71 bits per heavy atom. The fraction of sp³-hybridized carbons (Fsp3) is 0.0909. The van der Waals surface area contributed by atoms with Gasteiger partial charge in [-0.15, -0.1) is 0 Å². The fourth-order valence-electron chi connectivity index (χ4n) is 1.54. The second-order valence-electron chi connectivity index (χ2n) is 3.51. The van der Waals surface area contributed by atoms with Crippen LogP contribution in [-0.2, 0) is 0 Å². The van der Waals surface area contributed by atoms with Crippen molar-refractivity contribution in [2.75, 3.05) is 0 Å². The average Bonchev–Trinajstić information content (AvgIpc) is 2.54. The maximum atomic E-state index is 11.5. The van der Waals surface area contributed by atoms with Gasteiger partial charge in [0, 0.05) is 4.47 Å². The number of carbonyl (C=O) groups excluding carboxylic acids is 1. The SMILES string of the molecule is CC(=O)c1c(O)n(-c2cccc(Br)c2)[nH]c1=O. The number of benzene rings is 1. The monoisotopic (exact) mass is 296 g/mol. The number of rotatable bonds is 2. The van der Waals surface area contributed by atoms with Crippen LogP contribution in [0.2, 0.25) is 0 Å². The summed E-state index contributed by atoms with van der Waals surface area (Å²) in [6.07, 6.45) is 0. The van der Waals surface area contributed by atoms with E-state index in [9.17, 15) is 14.7 Å². The van der Waals surface area contributed by atoms with Gasteiger partial charge in [0.2, 0.25) is 5.88 Å². The third kappa shape index (κ3) is 2.03. The van der Waals surface area contributed by atoms with Crippen LogP contribution in [-0.4, -0.2) is 20.7 Å². The standard InChI is InChI=1S/C11H9BrN2O3/c1-6(15)9-10(16)13-14(11(9)17)8-4-2-3-7(12)5-8/h2-5,17H,1H3,(H,13,16). The molecule has 88 valence electrons. The molecule has 5 nitrogen and oxygen atoms in total. The molecule has 0 aliphatic heterocycles. The predicted octanol–water partition coefficient (Wildman–Crippen LogP) is 1.84. The second kappa shape index (κ2) is 4.21. The summed E-state index contributed by atoms with van der Waals surface area (Å²) in [7, 11) is 0. The highest BCUT2D eigenvalue weighted by Gasteiger charge is 2.18. The first-order valence-corrected chi connectivity index (χ1v) is 5.61. The summed E-state index contributed by atoms with van der Waals surface area (Å²) in [5.74, 6) is -0.849. The molecule has 1 aromatic heterocycles. The van der Waals surface area contributed by atoms with Crippen molar-refractivity contribution in [3.8, 4) is 11.6 Å². The normalized spacial score (nSPS) is 10.5. The number of ketones is 1. The van der Waals surface area contributed by atoms with Gasteiger partial charge in [-0.05, 0) is 25.1 Å². The van der Waals surface area contributed by atoms with Gasteiger partial charge in [0.1, 0.15) is 5.56 Å². The van der Waals surface area contributed by atoms with Crippen molar-refractivity contribution in [2.24, 2.45) is 0 Å². The van der Waals surface area contributed by atoms with Crippen LogP contribution in [0.1, 0.15) is 17.3 Å². The Hall–Kier alpha value is -1.82. The zero-order chi connectivity index (χ0) is 12.6. The van der Waals surface area contributed by atoms with E-state index in [1.54, 1.807) is 18.2 Å². The molecule has 0 atom stereocenters. The van der Waals surface area contributed by atoms with Gasteiger partial charge in [-0.2, -0.15) is 0 Å². The minimum absolute atomic E-state index is 0.232. The first-order valence-electron chi connectivity index (χ1n) is 4.81. The van der Waals surface area contributed by atoms with E-state index in [1.165, 1.54) is 11.6 Å². The minimum atomic E-state index is -0.602. The van der Waals surface area contributed by atoms with Gasteiger partial charge >= 0.3 is 0 Å². The molecule has 0 saturated heterocycles. The maximum absolute atomic E-state index is 11.5. The number of carbonyl (C=O) groups is 1. The van der Waals surface area contributed by atoms with Crippen LogP contribution in [0.4, 0.5) is 0 Å². The number of H-pyrrole nitrogens is 1. The number of hydrogen-bond acceptors (Lipinski definition) is 3. The number of aromatic amines is 1. The van der Waals surface area contributed by atoms with Crippen LogP contribution in [0.3, 0.4) is 0 Å². The Labute approximate surface area is 105 Å². The molecular formula is C11H9BrN2O3. The zero-order valence-electron chi connectivity index (χ0n) is 8.90. The lowest BCUT2D eigenvalue weighted by Gasteiger charge is -2.04. The van der Waals surface area contributed by atoms with Crippen LogP contribution in [0.5, 0.6) is 5.88 Å². The molecular weight excluding hydrogens is 288 g/mol. The topological polar surface area (TPSA) is 75.1 Å². The van der Waals surface area contributed by atoms with Crippen LogP contribution in [0.15, 0.2) is 33.5 Å². The van der Waals surface area contributed by atoms with Crippen molar-refractivity contribution in [2.45, 2.75) is 6.92 Å². The molecule has 1 aromatic carbocycles. The molecule has 0 amide bonds. The van der Waals surface area contributed by atoms with Gasteiger partial charge < -0.3 is 5.11 Å². The largest absolute Gasteiger partial charge is 0.493 e. The number of hydrogen-bond donors (Lipinski definition) is 2. The van der Waals surface area contributed by atoms with Gasteiger partial charge in [0.15, 0.2) is 5.78 Å². The number of aromatic hydroxyl groups is 1. The third-order valence-corrected chi connectivity index (χ3v) is 2.79. The maximum Gasteiger partial charge on any atom is 0.279 e. The number of aromatic nitrogens is 2. The number of nitrogens with zero attached hydrogens (tertiary/aromatic N) is 1. The molecule has 1 heterocycles. The zero-order valence-corrected chi connectivity index (χ0v) is 10.5. The smallest absolute Gasteiger partial charge is 0.279 e. The molecule has 0 unspecified atom stereocenters. The molecule has 0 saturated carbocycles. The highest BCUT2D eigenvalue weighted by molar-refractivity contribution is 9.10. The summed E-state index contributed by atoms with van der Waals surface area (Å²) in [4.78, 5) is 22.7. The van der Waals surface area contributed by atoms with Crippen molar-refractivity contribution in [3.05, 3.63) is 44.7 Å². The van der Waals surface area contributed by atoms with Gasteiger partial charge in [0.05, 0.1) is 5.69 Å². The lowest BCUT2D eigenvalue weighted by molar-refractivity contribution is 0.101. The lowest BCUT2D eigenvalue weighted by Crippen LogP contribution is -2.10. The summed E-state index contributed by atoms with van der Waals surface area (Å²) >= 11 is 3.28. The first-order chi connectivity index (χ1) is 8.00. The van der Waals surface area contributed by atoms with Gasteiger partial charge in [-0.25, -0.2) is 4.68 Å². The van der Waals surface area contributed by atoms with Gasteiger partial charge in [-0.3, -0.25) is 14.7 Å². The van der Waals surface area contributed by atoms with Crippen molar-refractivity contribution in [3.63, 3.8) is 0 Å². The second-order valence-corrected chi connectivity index (χ2v) is 4.43. The summed E-state index contributed by atoms with van der Waals surface area (Å²) in [6, 6.07) is 6.97. The molecule has 0 aliphatic carbocycles. The van der Waals surface area contributed by atoms with E-state index in [0.29, 0.717) is 5.69 Å². The Morgan fingerprint density at radius 1 is 1.47 bits per heavy atom. The third-order valence-electron chi connectivity index (χ3n) is 2.29. The molecule has 0 aliphatic rings. The Balaban J connectivity index is 2.66.